The molecule has 1 atom stereocenters. The lowest BCUT2D eigenvalue weighted by Crippen LogP contribution is -2.27. The number of thiophene rings is 1. The molecule has 0 aliphatic carbocycles. The number of carbonyl (C=O) groups excluding carboxylic acids is 1. The van der Waals surface area contributed by atoms with E-state index in [1.807, 2.05) is 42.8 Å². The Kier molecular flexibility index (Phi) is 5.78. The summed E-state index contributed by atoms with van der Waals surface area (Å²) in [5, 5.41) is 10.8. The lowest BCUT2D eigenvalue weighted by molar-refractivity contribution is 0.252. The monoisotopic (exact) mass is 367 g/mol. The predicted molar refractivity (Wildman–Crippen MR) is 91.8 cm³/mol. The van der Waals surface area contributed by atoms with E-state index in [0.717, 1.165) is 15.0 Å². The van der Waals surface area contributed by atoms with Gasteiger partial charge in [-0.05, 0) is 53.7 Å². The summed E-state index contributed by atoms with van der Waals surface area (Å²) in [6.45, 7) is 2.62. The SMILES string of the molecule is CNC(C)c1ccc(NC(=O)NCc2cc(Br)cs2)cc1. The minimum Gasteiger partial charge on any atom is -0.333 e. The molecule has 1 unspecified atom stereocenters. The Hall–Kier alpha value is -1.37. The van der Waals surface area contributed by atoms with Crippen molar-refractivity contribution in [3.63, 3.8) is 0 Å². The first-order chi connectivity index (χ1) is 10.1. The van der Waals surface area contributed by atoms with E-state index in [-0.39, 0.29) is 6.03 Å². The molecule has 0 aliphatic rings. The van der Waals surface area contributed by atoms with E-state index in [9.17, 15) is 4.79 Å². The molecular formula is C15H18BrN3OS. The standard InChI is InChI=1S/C15H18BrN3OS/c1-10(17-2)11-3-5-13(6-4-11)19-15(20)18-8-14-7-12(16)9-21-14/h3-7,9-10,17H,8H2,1-2H3,(H2,18,19,20). The van der Waals surface area contributed by atoms with Crippen LogP contribution in [0.15, 0.2) is 40.2 Å². The summed E-state index contributed by atoms with van der Waals surface area (Å²) < 4.78 is 1.04. The third-order valence-electron chi connectivity index (χ3n) is 3.15. The average molecular weight is 368 g/mol. The molecule has 0 saturated carbocycles. The third-order valence-corrected chi connectivity index (χ3v) is 4.84. The molecule has 4 nitrogen and oxygen atoms in total. The van der Waals surface area contributed by atoms with Crippen LogP contribution in [0.4, 0.5) is 10.5 Å². The number of rotatable bonds is 5. The summed E-state index contributed by atoms with van der Waals surface area (Å²) >= 11 is 5.00. The molecular weight excluding hydrogens is 350 g/mol. The van der Waals surface area contributed by atoms with E-state index in [1.54, 1.807) is 11.3 Å². The van der Waals surface area contributed by atoms with Gasteiger partial charge in [0.15, 0.2) is 0 Å². The fourth-order valence-corrected chi connectivity index (χ4v) is 3.20. The topological polar surface area (TPSA) is 53.2 Å². The number of halogens is 1. The summed E-state index contributed by atoms with van der Waals surface area (Å²) in [5.74, 6) is 0. The molecule has 0 fully saturated rings. The molecule has 0 aliphatic heterocycles. The van der Waals surface area contributed by atoms with Crippen molar-refractivity contribution in [1.82, 2.24) is 10.6 Å². The maximum Gasteiger partial charge on any atom is 0.319 e. The van der Waals surface area contributed by atoms with Gasteiger partial charge in [0, 0.05) is 26.5 Å². The summed E-state index contributed by atoms with van der Waals surface area (Å²) in [5.41, 5.74) is 1.97. The molecule has 0 bridgehead atoms. The van der Waals surface area contributed by atoms with Crippen molar-refractivity contribution in [3.05, 3.63) is 50.6 Å². The van der Waals surface area contributed by atoms with E-state index < -0.39 is 0 Å². The molecule has 1 aromatic heterocycles. The van der Waals surface area contributed by atoms with Crippen LogP contribution in [0, 0.1) is 0 Å². The molecule has 2 amide bonds. The average Bonchev–Trinajstić information content (AvgIpc) is 2.91. The van der Waals surface area contributed by atoms with Crippen molar-refractivity contribution in [2.24, 2.45) is 0 Å². The second-order valence-electron chi connectivity index (χ2n) is 4.67. The minimum absolute atomic E-state index is 0.200. The van der Waals surface area contributed by atoms with Crippen LogP contribution in [-0.4, -0.2) is 13.1 Å². The van der Waals surface area contributed by atoms with E-state index in [2.05, 4.69) is 38.8 Å². The van der Waals surface area contributed by atoms with Gasteiger partial charge in [0.05, 0.1) is 6.54 Å². The van der Waals surface area contributed by atoms with Crippen LogP contribution < -0.4 is 16.0 Å². The van der Waals surface area contributed by atoms with Gasteiger partial charge in [-0.3, -0.25) is 0 Å². The highest BCUT2D eigenvalue weighted by Crippen LogP contribution is 2.19. The van der Waals surface area contributed by atoms with Crippen molar-refractivity contribution in [2.45, 2.75) is 19.5 Å². The first-order valence-corrected chi connectivity index (χ1v) is 8.30. The number of nitrogens with one attached hydrogen (secondary N) is 3. The van der Waals surface area contributed by atoms with Crippen LogP contribution in [0.25, 0.3) is 0 Å². The summed E-state index contributed by atoms with van der Waals surface area (Å²) in [7, 11) is 1.92. The predicted octanol–water partition coefficient (Wildman–Crippen LogP) is 4.11. The molecule has 3 N–H and O–H groups in total. The van der Waals surface area contributed by atoms with Crippen molar-refractivity contribution in [1.29, 1.82) is 0 Å². The highest BCUT2D eigenvalue weighted by atomic mass is 79.9. The van der Waals surface area contributed by atoms with Crippen molar-refractivity contribution in [2.75, 3.05) is 12.4 Å². The maximum atomic E-state index is 11.8. The minimum atomic E-state index is -0.200. The van der Waals surface area contributed by atoms with Crippen LogP contribution in [-0.2, 0) is 6.54 Å². The van der Waals surface area contributed by atoms with Gasteiger partial charge >= 0.3 is 6.03 Å². The van der Waals surface area contributed by atoms with Gasteiger partial charge in [-0.2, -0.15) is 0 Å². The van der Waals surface area contributed by atoms with E-state index >= 15 is 0 Å². The van der Waals surface area contributed by atoms with E-state index in [1.165, 1.54) is 5.56 Å². The van der Waals surface area contributed by atoms with E-state index in [0.29, 0.717) is 12.6 Å². The Labute approximate surface area is 137 Å². The molecule has 1 heterocycles. The molecule has 0 radical (unpaired) electrons. The second-order valence-corrected chi connectivity index (χ2v) is 6.58. The first-order valence-electron chi connectivity index (χ1n) is 6.63. The molecule has 2 rings (SSSR count). The molecule has 1 aromatic carbocycles. The number of amides is 2. The second kappa shape index (κ2) is 7.59. The quantitative estimate of drug-likeness (QED) is 0.744. The summed E-state index contributed by atoms with van der Waals surface area (Å²) in [6.07, 6.45) is 0. The van der Waals surface area contributed by atoms with Crippen LogP contribution in [0.2, 0.25) is 0 Å². The van der Waals surface area contributed by atoms with Crippen LogP contribution in [0.3, 0.4) is 0 Å². The normalized spacial score (nSPS) is 12.0. The summed E-state index contributed by atoms with van der Waals surface area (Å²) in [4.78, 5) is 12.9. The Morgan fingerprint density at radius 1 is 1.33 bits per heavy atom. The van der Waals surface area contributed by atoms with Crippen LogP contribution in [0.1, 0.15) is 23.4 Å². The Bertz CT molecular complexity index is 597. The highest BCUT2D eigenvalue weighted by Gasteiger charge is 2.05. The lowest BCUT2D eigenvalue weighted by atomic mass is 10.1. The lowest BCUT2D eigenvalue weighted by Gasteiger charge is -2.12. The van der Waals surface area contributed by atoms with Crippen LogP contribution >= 0.6 is 27.3 Å². The molecule has 6 heteroatoms. The fraction of sp³-hybridized carbons (Fsp3) is 0.267. The van der Waals surface area contributed by atoms with Crippen molar-refractivity contribution >= 4 is 39.0 Å². The maximum absolute atomic E-state index is 11.8. The van der Waals surface area contributed by atoms with Crippen LogP contribution in [0.5, 0.6) is 0 Å². The molecule has 2 aromatic rings. The zero-order chi connectivity index (χ0) is 15.2. The molecule has 21 heavy (non-hydrogen) atoms. The molecule has 0 spiro atoms. The number of hydrogen-bond donors (Lipinski definition) is 3. The van der Waals surface area contributed by atoms with E-state index in [4.69, 9.17) is 0 Å². The summed E-state index contributed by atoms with van der Waals surface area (Å²) in [6, 6.07) is 9.92. The van der Waals surface area contributed by atoms with Gasteiger partial charge in [0.1, 0.15) is 0 Å². The Balaban J connectivity index is 1.84. The Morgan fingerprint density at radius 3 is 2.62 bits per heavy atom. The largest absolute Gasteiger partial charge is 0.333 e. The third kappa shape index (κ3) is 4.84. The van der Waals surface area contributed by atoms with Gasteiger partial charge in [-0.25, -0.2) is 4.79 Å². The van der Waals surface area contributed by atoms with Gasteiger partial charge < -0.3 is 16.0 Å². The van der Waals surface area contributed by atoms with Gasteiger partial charge in [-0.1, -0.05) is 12.1 Å². The fourth-order valence-electron chi connectivity index (χ4n) is 1.81. The van der Waals surface area contributed by atoms with Crippen molar-refractivity contribution in [3.8, 4) is 0 Å². The highest BCUT2D eigenvalue weighted by molar-refractivity contribution is 9.10. The number of anilines is 1. The number of hydrogen-bond acceptors (Lipinski definition) is 3. The van der Waals surface area contributed by atoms with Gasteiger partial charge in [0.2, 0.25) is 0 Å². The number of urea groups is 1. The molecule has 0 saturated heterocycles. The first kappa shape index (κ1) is 16.0. The van der Waals surface area contributed by atoms with Crippen molar-refractivity contribution < 1.29 is 4.79 Å². The zero-order valence-corrected chi connectivity index (χ0v) is 14.3. The smallest absolute Gasteiger partial charge is 0.319 e. The molecule has 112 valence electrons. The number of carbonyl (C=O) groups is 1. The van der Waals surface area contributed by atoms with Gasteiger partial charge in [0.25, 0.3) is 0 Å². The van der Waals surface area contributed by atoms with Gasteiger partial charge in [-0.15, -0.1) is 11.3 Å². The number of benzene rings is 1. The zero-order valence-electron chi connectivity index (χ0n) is 11.9. The Morgan fingerprint density at radius 2 is 2.05 bits per heavy atom.